The van der Waals surface area contributed by atoms with Gasteiger partial charge in [0.1, 0.15) is 11.4 Å². The highest BCUT2D eigenvalue weighted by Crippen LogP contribution is 2.21. The van der Waals surface area contributed by atoms with Crippen LogP contribution in [0.15, 0.2) is 16.5 Å². The Bertz CT molecular complexity index is 808. The van der Waals surface area contributed by atoms with Crippen molar-refractivity contribution in [3.63, 3.8) is 0 Å². The molecule has 7 nitrogen and oxygen atoms in total. The van der Waals surface area contributed by atoms with Crippen molar-refractivity contribution < 1.29 is 14.3 Å². The predicted molar refractivity (Wildman–Crippen MR) is 97.0 cm³/mol. The zero-order valence-electron chi connectivity index (χ0n) is 14.8. The lowest BCUT2D eigenvalue weighted by Crippen LogP contribution is -2.36. The number of ether oxygens (including phenoxy) is 1. The first-order valence-corrected chi connectivity index (χ1v) is 9.32. The van der Waals surface area contributed by atoms with E-state index >= 15 is 0 Å². The van der Waals surface area contributed by atoms with Crippen LogP contribution in [0.25, 0.3) is 10.2 Å². The molecule has 0 N–H and O–H groups in total. The van der Waals surface area contributed by atoms with Gasteiger partial charge in [0.15, 0.2) is 0 Å². The summed E-state index contributed by atoms with van der Waals surface area (Å²) in [6.45, 7) is 7.15. The maximum absolute atomic E-state index is 12.7. The van der Waals surface area contributed by atoms with E-state index in [9.17, 15) is 14.4 Å². The number of thiophene rings is 1. The minimum Gasteiger partial charge on any atom is -0.462 e. The molecule has 0 aliphatic rings. The molecular weight excluding hydrogens is 342 g/mol. The number of carbonyl (C=O) groups excluding carboxylic acids is 2. The summed E-state index contributed by atoms with van der Waals surface area (Å²) in [7, 11) is 0. The molecule has 0 saturated heterocycles. The van der Waals surface area contributed by atoms with Crippen molar-refractivity contribution in [1.29, 1.82) is 0 Å². The standard InChI is InChI=1S/C17H23N3O4S/c1-4-7-8-24-17(23)12-10-25-15-14(12)16(22)20(11-18-15)9-13(21)19(5-2)6-3/h10-11H,4-9H2,1-3H3. The van der Waals surface area contributed by atoms with Gasteiger partial charge in [-0.05, 0) is 20.3 Å². The third-order valence-corrected chi connectivity index (χ3v) is 4.82. The van der Waals surface area contributed by atoms with E-state index in [0.717, 1.165) is 12.8 Å². The maximum Gasteiger partial charge on any atom is 0.339 e. The number of esters is 1. The van der Waals surface area contributed by atoms with Crippen LogP contribution in [0.1, 0.15) is 44.0 Å². The van der Waals surface area contributed by atoms with Crippen LogP contribution in [0.3, 0.4) is 0 Å². The van der Waals surface area contributed by atoms with Gasteiger partial charge in [-0.15, -0.1) is 11.3 Å². The number of hydrogen-bond donors (Lipinski definition) is 0. The average Bonchev–Trinajstić information content (AvgIpc) is 3.03. The molecule has 0 atom stereocenters. The fourth-order valence-electron chi connectivity index (χ4n) is 2.44. The molecule has 136 valence electrons. The summed E-state index contributed by atoms with van der Waals surface area (Å²) in [6, 6.07) is 0. The lowest BCUT2D eigenvalue weighted by Gasteiger charge is -2.18. The molecule has 0 saturated carbocycles. The van der Waals surface area contributed by atoms with Crippen molar-refractivity contribution in [2.75, 3.05) is 19.7 Å². The SMILES string of the molecule is CCCCOC(=O)c1csc2ncn(CC(=O)N(CC)CC)c(=O)c12. The summed E-state index contributed by atoms with van der Waals surface area (Å²) >= 11 is 1.22. The largest absolute Gasteiger partial charge is 0.462 e. The summed E-state index contributed by atoms with van der Waals surface area (Å²) in [4.78, 5) is 43.5. The Labute approximate surface area is 150 Å². The number of carbonyl (C=O) groups is 2. The highest BCUT2D eigenvalue weighted by Gasteiger charge is 2.20. The zero-order valence-corrected chi connectivity index (χ0v) is 15.6. The third kappa shape index (κ3) is 4.25. The van der Waals surface area contributed by atoms with Crippen LogP contribution in [-0.2, 0) is 16.1 Å². The second-order valence-corrected chi connectivity index (χ2v) is 6.42. The van der Waals surface area contributed by atoms with Crippen molar-refractivity contribution in [2.45, 2.75) is 40.2 Å². The molecule has 25 heavy (non-hydrogen) atoms. The maximum atomic E-state index is 12.7. The normalized spacial score (nSPS) is 10.8. The summed E-state index contributed by atoms with van der Waals surface area (Å²) in [5.41, 5.74) is -0.174. The fourth-order valence-corrected chi connectivity index (χ4v) is 3.31. The van der Waals surface area contributed by atoms with Crippen LogP contribution in [0.5, 0.6) is 0 Å². The summed E-state index contributed by atoms with van der Waals surface area (Å²) in [6.07, 6.45) is 3.04. The Kier molecular flexibility index (Phi) is 6.69. The van der Waals surface area contributed by atoms with Crippen LogP contribution in [0, 0.1) is 0 Å². The van der Waals surface area contributed by atoms with Gasteiger partial charge < -0.3 is 9.64 Å². The Morgan fingerprint density at radius 3 is 2.64 bits per heavy atom. The summed E-state index contributed by atoms with van der Waals surface area (Å²) in [5, 5.41) is 1.81. The zero-order chi connectivity index (χ0) is 18.4. The van der Waals surface area contributed by atoms with Gasteiger partial charge in [0, 0.05) is 18.5 Å². The first-order chi connectivity index (χ1) is 12.0. The molecule has 8 heteroatoms. The highest BCUT2D eigenvalue weighted by molar-refractivity contribution is 7.17. The summed E-state index contributed by atoms with van der Waals surface area (Å²) < 4.78 is 6.45. The van der Waals surface area contributed by atoms with Crippen molar-refractivity contribution in [3.8, 4) is 0 Å². The molecule has 0 bridgehead atoms. The van der Waals surface area contributed by atoms with Gasteiger partial charge in [-0.1, -0.05) is 13.3 Å². The molecule has 2 aromatic rings. The Morgan fingerprint density at radius 2 is 2.00 bits per heavy atom. The van der Waals surface area contributed by atoms with Crippen LogP contribution in [0.4, 0.5) is 0 Å². The van der Waals surface area contributed by atoms with Gasteiger partial charge in [0.25, 0.3) is 5.56 Å². The smallest absolute Gasteiger partial charge is 0.339 e. The van der Waals surface area contributed by atoms with Gasteiger partial charge in [-0.25, -0.2) is 9.78 Å². The number of likely N-dealkylation sites (N-methyl/N-ethyl adjacent to an activating group) is 1. The molecule has 2 heterocycles. The molecule has 0 spiro atoms. The molecule has 0 radical (unpaired) electrons. The Morgan fingerprint density at radius 1 is 1.28 bits per heavy atom. The molecule has 0 unspecified atom stereocenters. The van der Waals surface area contributed by atoms with Crippen LogP contribution in [-0.4, -0.2) is 46.0 Å². The fraction of sp³-hybridized carbons (Fsp3) is 0.529. The van der Waals surface area contributed by atoms with Crippen molar-refractivity contribution >= 4 is 33.4 Å². The van der Waals surface area contributed by atoms with Crippen LogP contribution >= 0.6 is 11.3 Å². The van der Waals surface area contributed by atoms with Gasteiger partial charge in [0.05, 0.1) is 23.9 Å². The lowest BCUT2D eigenvalue weighted by atomic mass is 10.2. The van der Waals surface area contributed by atoms with Gasteiger partial charge in [0.2, 0.25) is 5.91 Å². The number of amides is 1. The average molecular weight is 365 g/mol. The molecule has 2 rings (SSSR count). The van der Waals surface area contributed by atoms with E-state index in [2.05, 4.69) is 4.98 Å². The van der Waals surface area contributed by atoms with Gasteiger partial charge >= 0.3 is 5.97 Å². The summed E-state index contributed by atoms with van der Waals surface area (Å²) in [5.74, 6) is -0.679. The van der Waals surface area contributed by atoms with Gasteiger partial charge in [-0.2, -0.15) is 0 Å². The van der Waals surface area contributed by atoms with Crippen molar-refractivity contribution in [3.05, 3.63) is 27.6 Å². The van der Waals surface area contributed by atoms with Crippen molar-refractivity contribution in [1.82, 2.24) is 14.5 Å². The molecule has 0 aromatic carbocycles. The lowest BCUT2D eigenvalue weighted by molar-refractivity contribution is -0.131. The molecule has 1 amide bonds. The van der Waals surface area contributed by atoms with E-state index in [4.69, 9.17) is 4.74 Å². The molecular formula is C17H23N3O4S. The number of fused-ring (bicyclic) bond motifs is 1. The topological polar surface area (TPSA) is 81.5 Å². The second-order valence-electron chi connectivity index (χ2n) is 5.56. The van der Waals surface area contributed by atoms with Crippen molar-refractivity contribution in [2.24, 2.45) is 0 Å². The third-order valence-electron chi connectivity index (χ3n) is 3.93. The first-order valence-electron chi connectivity index (χ1n) is 8.44. The van der Waals surface area contributed by atoms with Crippen LogP contribution < -0.4 is 5.56 Å². The number of hydrogen-bond acceptors (Lipinski definition) is 6. The highest BCUT2D eigenvalue weighted by atomic mass is 32.1. The molecule has 0 aliphatic carbocycles. The Hall–Kier alpha value is -2.22. The molecule has 0 fully saturated rings. The Balaban J connectivity index is 2.32. The number of rotatable bonds is 8. The van der Waals surface area contributed by atoms with Crippen LogP contribution in [0.2, 0.25) is 0 Å². The molecule has 0 aliphatic heterocycles. The number of nitrogens with zero attached hydrogens (tertiary/aromatic N) is 3. The van der Waals surface area contributed by atoms with E-state index in [0.29, 0.717) is 24.5 Å². The number of unbranched alkanes of at least 4 members (excludes halogenated alkanes) is 1. The first kappa shape index (κ1) is 19.1. The van der Waals surface area contributed by atoms with E-state index in [1.807, 2.05) is 20.8 Å². The second kappa shape index (κ2) is 8.75. The van der Waals surface area contributed by atoms with E-state index in [1.165, 1.54) is 22.2 Å². The van der Waals surface area contributed by atoms with E-state index < -0.39 is 11.5 Å². The van der Waals surface area contributed by atoms with Gasteiger partial charge in [-0.3, -0.25) is 14.2 Å². The monoisotopic (exact) mass is 365 g/mol. The number of aromatic nitrogens is 2. The minimum absolute atomic E-state index is 0.0936. The van der Waals surface area contributed by atoms with E-state index in [-0.39, 0.29) is 23.4 Å². The van der Waals surface area contributed by atoms with E-state index in [1.54, 1.807) is 10.3 Å². The quantitative estimate of drug-likeness (QED) is 0.529. The minimum atomic E-state index is -0.522. The molecule has 2 aromatic heterocycles. The predicted octanol–water partition coefficient (Wildman–Crippen LogP) is 2.28.